The minimum atomic E-state index is 0.840. The molecule has 0 amide bonds. The Morgan fingerprint density at radius 3 is 2.73 bits per heavy atom. The highest BCUT2D eigenvalue weighted by Crippen LogP contribution is 2.19. The maximum Gasteiger partial charge on any atom is 0.0395 e. The third kappa shape index (κ3) is 2.98. The summed E-state index contributed by atoms with van der Waals surface area (Å²) in [6.45, 7) is 12.7. The molecule has 1 N–H and O–H groups in total. The highest BCUT2D eigenvalue weighted by molar-refractivity contribution is 5.65. The van der Waals surface area contributed by atoms with Crippen LogP contribution in [0.5, 0.6) is 0 Å². The minimum absolute atomic E-state index is 0.840. The van der Waals surface area contributed by atoms with Gasteiger partial charge in [0, 0.05) is 6.54 Å². The second kappa shape index (κ2) is 5.40. The fourth-order valence-corrected chi connectivity index (χ4v) is 1.66. The second-order valence-electron chi connectivity index (χ2n) is 3.71. The molecule has 1 heteroatoms. The molecule has 0 spiro atoms. The molecule has 0 aromatic heterocycles. The topological polar surface area (TPSA) is 12.0 Å². The van der Waals surface area contributed by atoms with E-state index in [-0.39, 0.29) is 0 Å². The van der Waals surface area contributed by atoms with E-state index in [0.717, 1.165) is 18.5 Å². The SMILES string of the molecule is C=CNCc1ccc(C(=C)C)c(CC)c1. The van der Waals surface area contributed by atoms with Crippen LogP contribution in [0.2, 0.25) is 0 Å². The Morgan fingerprint density at radius 1 is 1.47 bits per heavy atom. The van der Waals surface area contributed by atoms with Gasteiger partial charge in [0.2, 0.25) is 0 Å². The van der Waals surface area contributed by atoms with Crippen molar-refractivity contribution in [2.45, 2.75) is 26.8 Å². The molecule has 0 fully saturated rings. The van der Waals surface area contributed by atoms with E-state index in [2.05, 4.69) is 50.5 Å². The van der Waals surface area contributed by atoms with Crippen LogP contribution in [0.3, 0.4) is 0 Å². The summed E-state index contributed by atoms with van der Waals surface area (Å²) in [5, 5.41) is 3.11. The molecule has 1 nitrogen and oxygen atoms in total. The van der Waals surface area contributed by atoms with Crippen molar-refractivity contribution in [3.05, 3.63) is 54.2 Å². The van der Waals surface area contributed by atoms with Gasteiger partial charge in [0.1, 0.15) is 0 Å². The summed E-state index contributed by atoms with van der Waals surface area (Å²) in [6, 6.07) is 6.53. The van der Waals surface area contributed by atoms with Crippen LogP contribution < -0.4 is 5.32 Å². The van der Waals surface area contributed by atoms with E-state index < -0.39 is 0 Å². The number of rotatable bonds is 5. The number of hydrogen-bond donors (Lipinski definition) is 1. The number of allylic oxidation sites excluding steroid dienone is 1. The molecule has 0 aliphatic heterocycles. The maximum absolute atomic E-state index is 3.99. The Kier molecular flexibility index (Phi) is 4.17. The lowest BCUT2D eigenvalue weighted by molar-refractivity contribution is 0.869. The van der Waals surface area contributed by atoms with Crippen molar-refractivity contribution in [1.82, 2.24) is 5.32 Å². The van der Waals surface area contributed by atoms with Gasteiger partial charge >= 0.3 is 0 Å². The first kappa shape index (κ1) is 11.6. The van der Waals surface area contributed by atoms with Crippen molar-refractivity contribution in [3.63, 3.8) is 0 Å². The van der Waals surface area contributed by atoms with Gasteiger partial charge in [-0.25, -0.2) is 0 Å². The number of hydrogen-bond acceptors (Lipinski definition) is 1. The van der Waals surface area contributed by atoms with Gasteiger partial charge in [0.25, 0.3) is 0 Å². The van der Waals surface area contributed by atoms with Gasteiger partial charge in [-0.1, -0.05) is 43.9 Å². The van der Waals surface area contributed by atoms with Crippen molar-refractivity contribution in [2.24, 2.45) is 0 Å². The minimum Gasteiger partial charge on any atom is -0.387 e. The van der Waals surface area contributed by atoms with Gasteiger partial charge in [-0.05, 0) is 36.2 Å². The van der Waals surface area contributed by atoms with Crippen LogP contribution in [0.4, 0.5) is 0 Å². The summed E-state index contributed by atoms with van der Waals surface area (Å²) in [5.74, 6) is 0. The van der Waals surface area contributed by atoms with E-state index in [9.17, 15) is 0 Å². The summed E-state index contributed by atoms with van der Waals surface area (Å²) in [7, 11) is 0. The molecule has 0 bridgehead atoms. The predicted octanol–water partition coefficient (Wildman–Crippen LogP) is 3.52. The Labute approximate surface area is 92.5 Å². The van der Waals surface area contributed by atoms with Crippen LogP contribution in [-0.4, -0.2) is 0 Å². The molecule has 1 aromatic carbocycles. The zero-order chi connectivity index (χ0) is 11.3. The molecule has 0 aliphatic carbocycles. The number of aryl methyl sites for hydroxylation is 1. The standard InChI is InChI=1S/C14H19N/c1-5-13-9-12(10-15-6-2)7-8-14(13)11(3)4/h6-9,15H,2-3,5,10H2,1,4H3. The van der Waals surface area contributed by atoms with E-state index in [4.69, 9.17) is 0 Å². The third-order valence-electron chi connectivity index (χ3n) is 2.46. The molecular weight excluding hydrogens is 182 g/mol. The molecular formula is C14H19N. The summed E-state index contributed by atoms with van der Waals surface area (Å²) < 4.78 is 0. The van der Waals surface area contributed by atoms with E-state index in [1.807, 2.05) is 0 Å². The molecule has 0 saturated heterocycles. The second-order valence-corrected chi connectivity index (χ2v) is 3.71. The van der Waals surface area contributed by atoms with Gasteiger partial charge in [-0.3, -0.25) is 0 Å². The molecule has 80 valence electrons. The molecule has 0 aliphatic rings. The molecule has 0 saturated carbocycles. The smallest absolute Gasteiger partial charge is 0.0395 e. The normalized spacial score (nSPS) is 9.73. The first-order valence-electron chi connectivity index (χ1n) is 5.31. The fourth-order valence-electron chi connectivity index (χ4n) is 1.66. The van der Waals surface area contributed by atoms with Crippen LogP contribution >= 0.6 is 0 Å². The van der Waals surface area contributed by atoms with Crippen LogP contribution in [-0.2, 0) is 13.0 Å². The summed E-state index contributed by atoms with van der Waals surface area (Å²) in [6.07, 6.45) is 2.77. The van der Waals surface area contributed by atoms with Gasteiger partial charge < -0.3 is 5.32 Å². The van der Waals surface area contributed by atoms with E-state index >= 15 is 0 Å². The number of nitrogens with one attached hydrogen (secondary N) is 1. The summed E-state index contributed by atoms with van der Waals surface area (Å²) in [5.41, 5.74) is 5.07. The Hall–Kier alpha value is -1.50. The molecule has 1 aromatic rings. The van der Waals surface area contributed by atoms with Crippen LogP contribution in [0.25, 0.3) is 5.57 Å². The van der Waals surface area contributed by atoms with E-state index in [1.54, 1.807) is 6.20 Å². The first-order valence-corrected chi connectivity index (χ1v) is 5.31. The molecule has 15 heavy (non-hydrogen) atoms. The number of benzene rings is 1. The lowest BCUT2D eigenvalue weighted by Gasteiger charge is -2.10. The third-order valence-corrected chi connectivity index (χ3v) is 2.46. The van der Waals surface area contributed by atoms with Crippen LogP contribution in [0.15, 0.2) is 37.6 Å². The Balaban J connectivity index is 2.96. The lowest BCUT2D eigenvalue weighted by Crippen LogP contribution is -2.04. The van der Waals surface area contributed by atoms with Crippen LogP contribution in [0, 0.1) is 0 Å². The average Bonchev–Trinajstić information content (AvgIpc) is 2.25. The summed E-state index contributed by atoms with van der Waals surface area (Å²) >= 11 is 0. The lowest BCUT2D eigenvalue weighted by atomic mass is 9.97. The maximum atomic E-state index is 3.99. The monoisotopic (exact) mass is 201 g/mol. The van der Waals surface area contributed by atoms with Gasteiger partial charge in [0.05, 0.1) is 0 Å². The highest BCUT2D eigenvalue weighted by Gasteiger charge is 2.02. The zero-order valence-electron chi connectivity index (χ0n) is 9.64. The highest BCUT2D eigenvalue weighted by atomic mass is 14.8. The Morgan fingerprint density at radius 2 is 2.20 bits per heavy atom. The zero-order valence-corrected chi connectivity index (χ0v) is 9.64. The van der Waals surface area contributed by atoms with E-state index in [1.165, 1.54) is 16.7 Å². The molecule has 0 unspecified atom stereocenters. The molecule has 0 radical (unpaired) electrons. The largest absolute Gasteiger partial charge is 0.387 e. The quantitative estimate of drug-likeness (QED) is 0.768. The van der Waals surface area contributed by atoms with Crippen molar-refractivity contribution in [2.75, 3.05) is 0 Å². The van der Waals surface area contributed by atoms with Gasteiger partial charge in [0.15, 0.2) is 0 Å². The van der Waals surface area contributed by atoms with Crippen molar-refractivity contribution in [1.29, 1.82) is 0 Å². The predicted molar refractivity (Wildman–Crippen MR) is 67.6 cm³/mol. The fraction of sp³-hybridized carbons (Fsp3) is 0.286. The van der Waals surface area contributed by atoms with Gasteiger partial charge in [-0.15, -0.1) is 0 Å². The first-order chi connectivity index (χ1) is 7.19. The summed E-state index contributed by atoms with van der Waals surface area (Å²) in [4.78, 5) is 0. The molecule has 0 heterocycles. The average molecular weight is 201 g/mol. The molecule has 1 rings (SSSR count). The molecule has 0 atom stereocenters. The Bertz CT molecular complexity index is 364. The van der Waals surface area contributed by atoms with Crippen molar-refractivity contribution >= 4 is 5.57 Å². The van der Waals surface area contributed by atoms with Crippen molar-refractivity contribution in [3.8, 4) is 0 Å². The van der Waals surface area contributed by atoms with Crippen molar-refractivity contribution < 1.29 is 0 Å². The van der Waals surface area contributed by atoms with Crippen LogP contribution in [0.1, 0.15) is 30.5 Å². The van der Waals surface area contributed by atoms with E-state index in [0.29, 0.717) is 0 Å². The van der Waals surface area contributed by atoms with Gasteiger partial charge in [-0.2, -0.15) is 0 Å².